The third-order valence-corrected chi connectivity index (χ3v) is 21.6. The molecule has 0 spiro atoms. The van der Waals surface area contributed by atoms with E-state index in [9.17, 15) is 9.65 Å². The third kappa shape index (κ3) is 9.51. The van der Waals surface area contributed by atoms with Crippen molar-refractivity contribution >= 4 is 142 Å². The SMILES string of the molecule is [C-]#[N+]c1cc(-n2c3ccccc3c3ccccc32)c(-n2c3ccc(-n4c5ccccc5c5ccccc54)cc3c3c4ccccc4ccc32)cc1C#N.[C-]#[N+]c1cc(-n2c3ccccc3c3ccccc32)c(F)cc1C#N.c1ccc2c3c(ccc2c1)Cc1ccc(-n2c4ccccc4c4ccccc42)cc1-3. The minimum Gasteiger partial charge on any atom is -0.309 e. The molecule has 0 atom stereocenters. The molecule has 0 fully saturated rings. The summed E-state index contributed by atoms with van der Waals surface area (Å²) in [6, 6.07) is 117. The average Bonchev–Trinajstić information content (AvgIpc) is 1.57. The van der Waals surface area contributed by atoms with E-state index >= 15 is 0 Å². The molecule has 0 unspecified atom stereocenters. The summed E-state index contributed by atoms with van der Waals surface area (Å²) in [6.07, 6.45) is 1.02. The van der Waals surface area contributed by atoms with Crippen molar-refractivity contribution in [2.45, 2.75) is 6.42 Å². The van der Waals surface area contributed by atoms with Gasteiger partial charge in [0.25, 0.3) is 0 Å². The highest BCUT2D eigenvalue weighted by atomic mass is 19.1. The fourth-order valence-electron chi connectivity index (χ4n) is 17.0. The van der Waals surface area contributed by atoms with Gasteiger partial charge in [-0.05, 0) is 159 Å². The van der Waals surface area contributed by atoms with Gasteiger partial charge >= 0.3 is 0 Å². The van der Waals surface area contributed by atoms with Gasteiger partial charge in [0.1, 0.15) is 5.82 Å². The summed E-state index contributed by atoms with van der Waals surface area (Å²) in [6.45, 7) is 15.3. The molecule has 1 aliphatic rings. The van der Waals surface area contributed by atoms with E-state index < -0.39 is 5.82 Å². The van der Waals surface area contributed by atoms with Gasteiger partial charge in [-0.2, -0.15) is 10.5 Å². The molecule has 0 aliphatic heterocycles. The van der Waals surface area contributed by atoms with Crippen LogP contribution in [-0.4, -0.2) is 22.8 Å². The minimum atomic E-state index is -0.523. The molecule has 496 valence electrons. The van der Waals surface area contributed by atoms with Crippen molar-refractivity contribution in [3.8, 4) is 51.7 Å². The van der Waals surface area contributed by atoms with Crippen molar-refractivity contribution in [2.24, 2.45) is 0 Å². The number of aromatic nitrogens is 5. The van der Waals surface area contributed by atoms with Gasteiger partial charge in [-0.1, -0.05) is 218 Å². The van der Waals surface area contributed by atoms with Crippen LogP contribution in [0.2, 0.25) is 0 Å². The largest absolute Gasteiger partial charge is 0.309 e. The quantitative estimate of drug-likeness (QED) is 0.161. The molecule has 16 aromatic carbocycles. The van der Waals surface area contributed by atoms with Crippen LogP contribution in [0.25, 0.3) is 180 Å². The van der Waals surface area contributed by atoms with Gasteiger partial charge in [-0.3, -0.25) is 0 Å². The number of halogens is 1. The van der Waals surface area contributed by atoms with E-state index in [0.717, 1.165) is 117 Å². The maximum atomic E-state index is 14.7. The summed E-state index contributed by atoms with van der Waals surface area (Å²) in [5.74, 6) is -0.523. The molecule has 9 nitrogen and oxygen atoms in total. The average molecular weight is 1370 g/mol. The minimum absolute atomic E-state index is 0.0482. The Kier molecular flexibility index (Phi) is 14.2. The lowest BCUT2D eigenvalue weighted by molar-refractivity contribution is 0.621. The number of benzene rings is 16. The van der Waals surface area contributed by atoms with Crippen molar-refractivity contribution in [1.82, 2.24) is 22.8 Å². The van der Waals surface area contributed by atoms with Crippen LogP contribution in [0.5, 0.6) is 0 Å². The summed E-state index contributed by atoms with van der Waals surface area (Å²) in [7, 11) is 0. The molecule has 0 radical (unpaired) electrons. The highest BCUT2D eigenvalue weighted by Gasteiger charge is 2.26. The maximum absolute atomic E-state index is 14.7. The Bertz CT molecular complexity index is 7360. The number of hydrogen-bond acceptors (Lipinski definition) is 2. The van der Waals surface area contributed by atoms with Gasteiger partial charge < -0.3 is 22.8 Å². The standard InChI is InChI=1S/C48H27N5.C29H19N.C20H10FN3/c1-50-39-28-47(52-42-20-10-6-16-36(42)37-17-7-11-21-43(37)52)46(26-31(39)29-49)53-44-25-23-32(27-38(44)48-33-13-3-2-12-30(33)22-24-45(48)53)51-40-18-8-4-14-34(40)35-15-5-9-19-41(35)51;1-2-8-23-19(7-1)13-14-21-17-20-15-16-22(18-26(20)29(21)23)30-27-11-5-3-9-24(27)25-10-4-6-12-28(25)30;1-23-17-11-20(16(21)10-13(17)12-22)24-18-8-4-2-6-14(18)15-7-3-5-9-19(15)24/h2-28H;1-16,18H,17H2;2-11H. The highest BCUT2D eigenvalue weighted by molar-refractivity contribution is 6.23. The van der Waals surface area contributed by atoms with E-state index in [-0.39, 0.29) is 16.9 Å². The molecule has 0 N–H and O–H groups in total. The molecule has 21 aromatic rings. The van der Waals surface area contributed by atoms with Crippen LogP contribution in [0, 0.1) is 41.6 Å². The summed E-state index contributed by atoms with van der Waals surface area (Å²) >= 11 is 0. The lowest BCUT2D eigenvalue weighted by Gasteiger charge is -2.18. The Hall–Kier alpha value is -15.1. The van der Waals surface area contributed by atoms with Crippen LogP contribution in [0.15, 0.2) is 328 Å². The molecule has 5 aromatic heterocycles. The number of nitriles is 2. The molecular weight excluding hydrogens is 1310 g/mol. The number of hydrogen-bond donors (Lipinski definition) is 0. The summed E-state index contributed by atoms with van der Waals surface area (Å²) in [5.41, 5.74) is 21.4. The zero-order chi connectivity index (χ0) is 71.5. The second-order valence-electron chi connectivity index (χ2n) is 27.2. The van der Waals surface area contributed by atoms with E-state index in [1.165, 1.54) is 77.4 Å². The van der Waals surface area contributed by atoms with Crippen LogP contribution in [0.1, 0.15) is 22.3 Å². The first-order valence-electron chi connectivity index (χ1n) is 35.5. The number of fused-ring (bicyclic) bond motifs is 22. The predicted octanol–water partition coefficient (Wildman–Crippen LogP) is 25.4. The summed E-state index contributed by atoms with van der Waals surface area (Å²) < 4.78 is 25.8. The monoisotopic (exact) mass is 1370 g/mol. The molecule has 0 saturated carbocycles. The normalized spacial score (nSPS) is 11.7. The van der Waals surface area contributed by atoms with Crippen molar-refractivity contribution < 1.29 is 4.39 Å². The van der Waals surface area contributed by atoms with E-state index in [4.69, 9.17) is 18.4 Å². The Morgan fingerprint density at radius 3 is 1.10 bits per heavy atom. The van der Waals surface area contributed by atoms with Crippen molar-refractivity contribution in [2.75, 3.05) is 0 Å². The van der Waals surface area contributed by atoms with Crippen molar-refractivity contribution in [3.05, 3.63) is 378 Å². The van der Waals surface area contributed by atoms with Crippen molar-refractivity contribution in [3.63, 3.8) is 0 Å². The Balaban J connectivity index is 0.000000118. The highest BCUT2D eigenvalue weighted by Crippen LogP contribution is 2.47. The van der Waals surface area contributed by atoms with Crippen LogP contribution < -0.4 is 0 Å². The zero-order valence-corrected chi connectivity index (χ0v) is 57.3. The second-order valence-corrected chi connectivity index (χ2v) is 27.2. The molecule has 0 amide bonds. The second kappa shape index (κ2) is 24.6. The molecule has 10 heteroatoms. The van der Waals surface area contributed by atoms with Gasteiger partial charge in [0, 0.05) is 65.2 Å². The van der Waals surface area contributed by atoms with E-state index in [0.29, 0.717) is 11.3 Å². The van der Waals surface area contributed by atoms with Crippen LogP contribution in [-0.2, 0) is 6.42 Å². The number of rotatable bonds is 5. The number of nitrogens with zero attached hydrogens (tertiary/aromatic N) is 9. The molecule has 5 heterocycles. The Morgan fingerprint density at radius 1 is 0.290 bits per heavy atom. The van der Waals surface area contributed by atoms with Gasteiger partial charge in [0.15, 0.2) is 0 Å². The molecule has 107 heavy (non-hydrogen) atoms. The molecule has 22 rings (SSSR count). The van der Waals surface area contributed by atoms with Gasteiger partial charge in [-0.15, -0.1) is 0 Å². The van der Waals surface area contributed by atoms with Crippen LogP contribution in [0.4, 0.5) is 15.8 Å². The molecule has 0 saturated heterocycles. The molecule has 1 aliphatic carbocycles. The Morgan fingerprint density at radius 2 is 0.626 bits per heavy atom. The van der Waals surface area contributed by atoms with Gasteiger partial charge in [0.2, 0.25) is 11.4 Å². The van der Waals surface area contributed by atoms with E-state index in [1.54, 1.807) is 4.57 Å². The van der Waals surface area contributed by atoms with Gasteiger partial charge in [0.05, 0.1) is 109 Å². The first kappa shape index (κ1) is 61.8. The smallest absolute Gasteiger partial charge is 0.206 e. The zero-order valence-electron chi connectivity index (χ0n) is 57.3. The third-order valence-electron chi connectivity index (χ3n) is 21.6. The topological polar surface area (TPSA) is 80.9 Å². The molecular formula is C97H56FN9. The van der Waals surface area contributed by atoms with Gasteiger partial charge in [-0.25, -0.2) is 14.1 Å². The first-order valence-corrected chi connectivity index (χ1v) is 35.5. The maximum Gasteiger partial charge on any atom is 0.206 e. The lowest BCUT2D eigenvalue weighted by atomic mass is 9.98. The molecule has 0 bridgehead atoms. The van der Waals surface area contributed by atoms with Crippen LogP contribution in [0.3, 0.4) is 0 Å². The van der Waals surface area contributed by atoms with Crippen LogP contribution >= 0.6 is 0 Å². The first-order chi connectivity index (χ1) is 52.9. The fourth-order valence-corrected chi connectivity index (χ4v) is 17.0. The predicted molar refractivity (Wildman–Crippen MR) is 436 cm³/mol. The van der Waals surface area contributed by atoms with E-state index in [1.807, 2.05) is 66.7 Å². The Labute approximate surface area is 612 Å². The van der Waals surface area contributed by atoms with Crippen molar-refractivity contribution in [1.29, 1.82) is 10.5 Å². The summed E-state index contributed by atoms with van der Waals surface area (Å²) in [5, 5.41) is 36.0. The van der Waals surface area contributed by atoms with E-state index in [2.05, 4.69) is 289 Å². The summed E-state index contributed by atoms with van der Waals surface area (Å²) in [4.78, 5) is 7.21. The number of para-hydroxylation sites is 8. The lowest BCUT2D eigenvalue weighted by Crippen LogP contribution is -2.04. The fraction of sp³-hybridized carbons (Fsp3) is 0.0103.